The van der Waals surface area contributed by atoms with Crippen LogP contribution in [0.3, 0.4) is 0 Å². The number of halogens is 1. The number of esters is 1. The van der Waals surface area contributed by atoms with Crippen molar-refractivity contribution in [1.29, 1.82) is 0 Å². The van der Waals surface area contributed by atoms with Gasteiger partial charge in [-0.3, -0.25) is 14.9 Å². The molecule has 1 atom stereocenters. The molecule has 3 aromatic carbocycles. The molecule has 170 valence electrons. The molecule has 34 heavy (non-hydrogen) atoms. The first-order valence-electron chi connectivity index (χ1n) is 10.8. The predicted octanol–water partition coefficient (Wildman–Crippen LogP) is 4.70. The minimum atomic E-state index is -0.615. The number of hydrogen-bond donors (Lipinski definition) is 1. The van der Waals surface area contributed by atoms with Crippen LogP contribution in [0.5, 0.6) is 0 Å². The van der Waals surface area contributed by atoms with Gasteiger partial charge < -0.3 is 4.74 Å². The number of anilines is 1. The van der Waals surface area contributed by atoms with Crippen molar-refractivity contribution >= 4 is 29.0 Å². The van der Waals surface area contributed by atoms with E-state index in [0.717, 1.165) is 5.56 Å². The van der Waals surface area contributed by atoms with Gasteiger partial charge in [-0.2, -0.15) is 5.10 Å². The van der Waals surface area contributed by atoms with E-state index in [2.05, 4.69) is 5.10 Å². The van der Waals surface area contributed by atoms with Crippen LogP contribution in [0.15, 0.2) is 94.8 Å². The number of H-pyrrole nitrogens is 1. The lowest BCUT2D eigenvalue weighted by Gasteiger charge is -2.33. The van der Waals surface area contributed by atoms with Gasteiger partial charge >= 0.3 is 5.97 Å². The van der Waals surface area contributed by atoms with E-state index in [1.165, 1.54) is 4.68 Å². The molecule has 0 bridgehead atoms. The summed E-state index contributed by atoms with van der Waals surface area (Å²) in [4.78, 5) is 26.8. The van der Waals surface area contributed by atoms with Gasteiger partial charge in [-0.05, 0) is 48.9 Å². The molecule has 5 rings (SSSR count). The van der Waals surface area contributed by atoms with E-state index in [0.29, 0.717) is 27.7 Å². The van der Waals surface area contributed by atoms with Crippen LogP contribution in [0.4, 0.5) is 5.69 Å². The number of carbonyl (C=O) groups excluding carboxylic acids is 1. The summed E-state index contributed by atoms with van der Waals surface area (Å²) in [6, 6.07) is 25.3. The Morgan fingerprint density at radius 1 is 0.971 bits per heavy atom. The highest BCUT2D eigenvalue weighted by atomic mass is 35.5. The summed E-state index contributed by atoms with van der Waals surface area (Å²) in [5, 5.41) is 10.1. The summed E-state index contributed by atoms with van der Waals surface area (Å²) >= 11 is 6.12. The average Bonchev–Trinajstić information content (AvgIpc) is 3.22. The second-order valence-corrected chi connectivity index (χ2v) is 8.12. The van der Waals surface area contributed by atoms with Crippen molar-refractivity contribution in [2.75, 3.05) is 11.6 Å². The van der Waals surface area contributed by atoms with Crippen LogP contribution < -0.4 is 10.6 Å². The van der Waals surface area contributed by atoms with Crippen molar-refractivity contribution in [3.63, 3.8) is 0 Å². The van der Waals surface area contributed by atoms with Gasteiger partial charge in [-0.25, -0.2) is 9.48 Å². The number of para-hydroxylation sites is 1. The Balaban J connectivity index is 1.79. The first-order valence-corrected chi connectivity index (χ1v) is 11.2. The molecule has 0 aliphatic carbocycles. The third kappa shape index (κ3) is 3.80. The Labute approximate surface area is 200 Å². The van der Waals surface area contributed by atoms with Gasteiger partial charge in [0.05, 0.1) is 23.5 Å². The van der Waals surface area contributed by atoms with Crippen LogP contribution in [0, 0.1) is 0 Å². The number of ether oxygens (including phenoxy) is 1. The van der Waals surface area contributed by atoms with Gasteiger partial charge in [0.2, 0.25) is 0 Å². The van der Waals surface area contributed by atoms with Crippen molar-refractivity contribution in [2.45, 2.75) is 13.0 Å². The van der Waals surface area contributed by atoms with Crippen molar-refractivity contribution in [3.8, 4) is 5.69 Å². The van der Waals surface area contributed by atoms with Crippen molar-refractivity contribution < 1.29 is 9.53 Å². The van der Waals surface area contributed by atoms with Crippen molar-refractivity contribution in [1.82, 2.24) is 9.78 Å². The monoisotopic (exact) mass is 472 g/mol. The molecule has 7 nitrogen and oxygen atoms in total. The van der Waals surface area contributed by atoms with Crippen molar-refractivity contribution in [2.24, 2.45) is 5.10 Å². The average molecular weight is 473 g/mol. The van der Waals surface area contributed by atoms with Gasteiger partial charge in [0.15, 0.2) is 5.71 Å². The molecule has 0 spiro atoms. The summed E-state index contributed by atoms with van der Waals surface area (Å²) < 4.78 is 6.72. The lowest BCUT2D eigenvalue weighted by molar-refractivity contribution is -0.135. The molecule has 0 saturated heterocycles. The maximum absolute atomic E-state index is 13.8. The third-order valence-corrected chi connectivity index (χ3v) is 5.83. The third-order valence-electron chi connectivity index (χ3n) is 5.58. The maximum Gasteiger partial charge on any atom is 0.361 e. The van der Waals surface area contributed by atoms with Crippen LogP contribution in [-0.4, -0.2) is 28.1 Å². The van der Waals surface area contributed by atoms with Gasteiger partial charge in [0.1, 0.15) is 11.7 Å². The number of carbonyl (C=O) groups is 1. The Bertz CT molecular complexity index is 1410. The fourth-order valence-corrected chi connectivity index (χ4v) is 4.19. The zero-order valence-corrected chi connectivity index (χ0v) is 19.1. The number of aromatic amines is 1. The van der Waals surface area contributed by atoms with Gasteiger partial charge in [-0.1, -0.05) is 60.1 Å². The van der Waals surface area contributed by atoms with Gasteiger partial charge in [0.25, 0.3) is 5.56 Å². The number of nitrogens with zero attached hydrogens (tertiary/aromatic N) is 3. The Morgan fingerprint density at radius 2 is 1.62 bits per heavy atom. The smallest absolute Gasteiger partial charge is 0.361 e. The number of aromatic nitrogens is 2. The molecule has 4 aromatic rings. The number of benzene rings is 3. The van der Waals surface area contributed by atoms with Crippen LogP contribution >= 0.6 is 11.6 Å². The van der Waals surface area contributed by atoms with Gasteiger partial charge in [-0.15, -0.1) is 0 Å². The zero-order valence-electron chi connectivity index (χ0n) is 18.3. The molecule has 0 fully saturated rings. The van der Waals surface area contributed by atoms with Crippen LogP contribution in [0.25, 0.3) is 5.69 Å². The summed E-state index contributed by atoms with van der Waals surface area (Å²) in [5.41, 5.74) is 2.68. The fraction of sp³-hybridized carbons (Fsp3) is 0.115. The number of hydrazone groups is 1. The normalized spacial score (nSPS) is 14.9. The topological polar surface area (TPSA) is 79.7 Å². The van der Waals surface area contributed by atoms with Crippen LogP contribution in [0.2, 0.25) is 5.02 Å². The summed E-state index contributed by atoms with van der Waals surface area (Å²) in [5.74, 6) is -0.615. The summed E-state index contributed by atoms with van der Waals surface area (Å²) in [7, 11) is 0. The minimum Gasteiger partial charge on any atom is -0.461 e. The lowest BCUT2D eigenvalue weighted by atomic mass is 9.94. The highest BCUT2D eigenvalue weighted by Crippen LogP contribution is 2.37. The molecule has 2 heterocycles. The van der Waals surface area contributed by atoms with E-state index in [9.17, 15) is 9.59 Å². The quantitative estimate of drug-likeness (QED) is 0.427. The molecule has 8 heteroatoms. The number of nitrogens with one attached hydrogen (secondary N) is 1. The summed E-state index contributed by atoms with van der Waals surface area (Å²) in [6.07, 6.45) is 0. The lowest BCUT2D eigenvalue weighted by Crippen LogP contribution is -2.37. The molecule has 0 radical (unpaired) electrons. The predicted molar refractivity (Wildman–Crippen MR) is 132 cm³/mol. The van der Waals surface area contributed by atoms with Crippen LogP contribution in [-0.2, 0) is 9.53 Å². The zero-order chi connectivity index (χ0) is 23.7. The number of fused-ring (bicyclic) bond motifs is 1. The van der Waals surface area contributed by atoms with E-state index >= 15 is 0 Å². The second-order valence-electron chi connectivity index (χ2n) is 7.68. The first-order chi connectivity index (χ1) is 16.6. The Morgan fingerprint density at radius 3 is 2.26 bits per heavy atom. The molecule has 1 unspecified atom stereocenters. The fourth-order valence-electron chi connectivity index (χ4n) is 4.07. The molecular weight excluding hydrogens is 452 g/mol. The maximum atomic E-state index is 13.8. The van der Waals surface area contributed by atoms with Gasteiger partial charge in [0, 0.05) is 5.02 Å². The van der Waals surface area contributed by atoms with Crippen LogP contribution in [0.1, 0.15) is 29.8 Å². The highest BCUT2D eigenvalue weighted by Gasteiger charge is 2.39. The molecule has 0 saturated carbocycles. The Kier molecular flexibility index (Phi) is 5.77. The number of hydrogen-bond acceptors (Lipinski definition) is 5. The first kappa shape index (κ1) is 21.7. The van der Waals surface area contributed by atoms with E-state index in [-0.39, 0.29) is 17.9 Å². The molecular formula is C26H21ClN4O3. The SMILES string of the molecule is CCOC(=O)C1=NN(c2ccc(Cl)cc2)C(c2ccccc2)c2c1[nH]n(-c1ccccc1)c2=O. The van der Waals surface area contributed by atoms with E-state index in [4.69, 9.17) is 21.4 Å². The molecule has 0 amide bonds. The van der Waals surface area contributed by atoms with Crippen molar-refractivity contribution in [3.05, 3.63) is 117 Å². The molecule has 1 aliphatic rings. The summed E-state index contributed by atoms with van der Waals surface area (Å²) in [6.45, 7) is 1.91. The van der Waals surface area contributed by atoms with E-state index in [1.54, 1.807) is 36.2 Å². The standard InChI is InChI=1S/C26H21ClN4O3/c1-2-34-26(33)23-22-21(25(32)31(28-22)19-11-7-4-8-12-19)24(17-9-5-3-6-10-17)30(29-23)20-15-13-18(27)14-16-20/h3-16,24,28H,2H2,1H3. The molecule has 1 aliphatic heterocycles. The van der Waals surface area contributed by atoms with E-state index in [1.807, 2.05) is 60.7 Å². The largest absolute Gasteiger partial charge is 0.461 e. The minimum absolute atomic E-state index is 0.0331. The number of rotatable bonds is 5. The van der Waals surface area contributed by atoms with E-state index < -0.39 is 12.0 Å². The molecule has 1 aromatic heterocycles. The molecule has 1 N–H and O–H groups in total. The second kappa shape index (κ2) is 9.03. The highest BCUT2D eigenvalue weighted by molar-refractivity contribution is 6.43. The Hall–Kier alpha value is -4.10.